The van der Waals surface area contributed by atoms with Gasteiger partial charge in [-0.25, -0.2) is 0 Å². The predicted octanol–water partition coefficient (Wildman–Crippen LogP) is 1.86. The second-order valence-corrected chi connectivity index (χ2v) is 2.91. The molecule has 1 aromatic rings. The first kappa shape index (κ1) is 9.02. The number of hydrogen-bond acceptors (Lipinski definition) is 2. The molecule has 0 radical (unpaired) electrons. The van der Waals surface area contributed by atoms with Crippen LogP contribution < -0.4 is 5.73 Å². The molecule has 62 valence electrons. The van der Waals surface area contributed by atoms with Gasteiger partial charge in [-0.15, -0.1) is 0 Å². The molecule has 0 amide bonds. The van der Waals surface area contributed by atoms with Crippen LogP contribution in [0, 0.1) is 18.8 Å². The monoisotopic (exact) mass is 177 g/mol. The summed E-state index contributed by atoms with van der Waals surface area (Å²) in [5.41, 5.74) is 8.50. The Morgan fingerprint density at radius 2 is 2.17 bits per heavy atom. The fraction of sp³-hybridized carbons (Fsp3) is 0.200. The highest BCUT2D eigenvalue weighted by Gasteiger charge is 1.91. The Morgan fingerprint density at radius 1 is 1.42 bits per heavy atom. The van der Waals surface area contributed by atoms with E-state index >= 15 is 0 Å². The molecule has 0 unspecified atom stereocenters. The molecule has 0 fully saturated rings. The SMILES string of the molecule is Cc1cc(N)cc(C#CCS)c1. The lowest BCUT2D eigenvalue weighted by Gasteiger charge is -1.97. The molecular weight excluding hydrogens is 166 g/mol. The summed E-state index contributed by atoms with van der Waals surface area (Å²) in [6.07, 6.45) is 0. The third kappa shape index (κ3) is 2.52. The lowest BCUT2D eigenvalue weighted by atomic mass is 10.1. The van der Waals surface area contributed by atoms with Crippen LogP contribution in [0.4, 0.5) is 5.69 Å². The van der Waals surface area contributed by atoms with Gasteiger partial charge in [-0.05, 0) is 30.7 Å². The Kier molecular flexibility index (Phi) is 3.07. The average molecular weight is 177 g/mol. The zero-order valence-corrected chi connectivity index (χ0v) is 7.86. The van der Waals surface area contributed by atoms with E-state index < -0.39 is 0 Å². The number of anilines is 1. The predicted molar refractivity (Wildman–Crippen MR) is 56.3 cm³/mol. The summed E-state index contributed by atoms with van der Waals surface area (Å²) < 4.78 is 0. The van der Waals surface area contributed by atoms with Crippen molar-refractivity contribution in [2.24, 2.45) is 0 Å². The minimum absolute atomic E-state index is 0.577. The molecule has 2 heteroatoms. The van der Waals surface area contributed by atoms with Crippen LogP contribution in [0.25, 0.3) is 0 Å². The molecule has 0 aromatic heterocycles. The molecular formula is C10H11NS. The van der Waals surface area contributed by atoms with Crippen LogP contribution in [-0.4, -0.2) is 5.75 Å². The van der Waals surface area contributed by atoms with Gasteiger partial charge < -0.3 is 5.73 Å². The van der Waals surface area contributed by atoms with Gasteiger partial charge in [0, 0.05) is 11.3 Å². The summed E-state index contributed by atoms with van der Waals surface area (Å²) in [6.45, 7) is 2.00. The largest absolute Gasteiger partial charge is 0.399 e. The first-order chi connectivity index (χ1) is 5.72. The molecule has 0 spiro atoms. The Labute approximate surface area is 78.4 Å². The fourth-order valence-corrected chi connectivity index (χ4v) is 1.11. The maximum absolute atomic E-state index is 5.64. The van der Waals surface area contributed by atoms with Gasteiger partial charge >= 0.3 is 0 Å². The molecule has 0 saturated carbocycles. The Morgan fingerprint density at radius 3 is 2.75 bits per heavy atom. The van der Waals surface area contributed by atoms with Crippen molar-refractivity contribution in [3.63, 3.8) is 0 Å². The highest BCUT2D eigenvalue weighted by atomic mass is 32.1. The van der Waals surface area contributed by atoms with E-state index in [1.54, 1.807) is 0 Å². The van der Waals surface area contributed by atoms with Crippen molar-refractivity contribution in [2.75, 3.05) is 11.5 Å². The van der Waals surface area contributed by atoms with Crippen LogP contribution in [0.15, 0.2) is 18.2 Å². The average Bonchev–Trinajstić information content (AvgIpc) is 1.99. The normalized spacial score (nSPS) is 8.83. The zero-order valence-electron chi connectivity index (χ0n) is 6.96. The van der Waals surface area contributed by atoms with Gasteiger partial charge in [-0.3, -0.25) is 0 Å². The Balaban J connectivity index is 3.01. The van der Waals surface area contributed by atoms with Gasteiger partial charge in [0.1, 0.15) is 0 Å². The highest BCUT2D eigenvalue weighted by molar-refractivity contribution is 7.80. The summed E-state index contributed by atoms with van der Waals surface area (Å²) in [4.78, 5) is 0. The van der Waals surface area contributed by atoms with Crippen molar-refractivity contribution in [2.45, 2.75) is 6.92 Å². The summed E-state index contributed by atoms with van der Waals surface area (Å²) in [6, 6.07) is 5.79. The maximum atomic E-state index is 5.64. The fourth-order valence-electron chi connectivity index (χ4n) is 1.03. The highest BCUT2D eigenvalue weighted by Crippen LogP contribution is 2.09. The van der Waals surface area contributed by atoms with E-state index in [4.69, 9.17) is 5.73 Å². The number of rotatable bonds is 0. The van der Waals surface area contributed by atoms with Crippen molar-refractivity contribution in [3.8, 4) is 11.8 Å². The van der Waals surface area contributed by atoms with Crippen LogP contribution in [0.3, 0.4) is 0 Å². The van der Waals surface area contributed by atoms with E-state index in [1.807, 2.05) is 25.1 Å². The molecule has 0 atom stereocenters. The van der Waals surface area contributed by atoms with E-state index in [1.165, 1.54) is 0 Å². The van der Waals surface area contributed by atoms with E-state index in [0.717, 1.165) is 16.8 Å². The van der Waals surface area contributed by atoms with Crippen LogP contribution in [0.1, 0.15) is 11.1 Å². The lowest BCUT2D eigenvalue weighted by Crippen LogP contribution is -1.87. The van der Waals surface area contributed by atoms with Crippen molar-refractivity contribution >= 4 is 18.3 Å². The van der Waals surface area contributed by atoms with Crippen LogP contribution >= 0.6 is 12.6 Å². The van der Waals surface area contributed by atoms with Gasteiger partial charge in [-0.2, -0.15) is 12.6 Å². The number of thiol groups is 1. The number of benzene rings is 1. The number of nitrogens with two attached hydrogens (primary N) is 1. The third-order valence-corrected chi connectivity index (χ3v) is 1.57. The molecule has 2 N–H and O–H groups in total. The number of aryl methyl sites for hydroxylation is 1. The summed E-state index contributed by atoms with van der Waals surface area (Å²) >= 11 is 4.00. The van der Waals surface area contributed by atoms with E-state index in [-0.39, 0.29) is 0 Å². The molecule has 0 heterocycles. The quantitative estimate of drug-likeness (QED) is 0.353. The van der Waals surface area contributed by atoms with Crippen molar-refractivity contribution in [1.82, 2.24) is 0 Å². The van der Waals surface area contributed by atoms with E-state index in [2.05, 4.69) is 24.5 Å². The molecule has 1 nitrogen and oxygen atoms in total. The van der Waals surface area contributed by atoms with Crippen molar-refractivity contribution < 1.29 is 0 Å². The van der Waals surface area contributed by atoms with E-state index in [0.29, 0.717) is 5.75 Å². The summed E-state index contributed by atoms with van der Waals surface area (Å²) in [5, 5.41) is 0. The van der Waals surface area contributed by atoms with Crippen molar-refractivity contribution in [1.29, 1.82) is 0 Å². The second-order valence-electron chi connectivity index (χ2n) is 2.59. The van der Waals surface area contributed by atoms with Crippen LogP contribution in [0.2, 0.25) is 0 Å². The Hall–Kier alpha value is -1.07. The third-order valence-electron chi connectivity index (χ3n) is 1.41. The second kappa shape index (κ2) is 4.08. The van der Waals surface area contributed by atoms with Gasteiger partial charge in [0.15, 0.2) is 0 Å². The molecule has 0 aliphatic rings. The summed E-state index contributed by atoms with van der Waals surface area (Å²) in [7, 11) is 0. The minimum Gasteiger partial charge on any atom is -0.399 e. The maximum Gasteiger partial charge on any atom is 0.0521 e. The number of hydrogen-bond donors (Lipinski definition) is 2. The minimum atomic E-state index is 0.577. The van der Waals surface area contributed by atoms with Gasteiger partial charge in [0.2, 0.25) is 0 Å². The molecule has 0 aliphatic carbocycles. The molecule has 1 aromatic carbocycles. The van der Waals surface area contributed by atoms with Gasteiger partial charge in [0.05, 0.1) is 5.75 Å². The van der Waals surface area contributed by atoms with E-state index in [9.17, 15) is 0 Å². The lowest BCUT2D eigenvalue weighted by molar-refractivity contribution is 1.45. The topological polar surface area (TPSA) is 26.0 Å². The smallest absolute Gasteiger partial charge is 0.0521 e. The Bertz CT molecular complexity index is 313. The molecule has 12 heavy (non-hydrogen) atoms. The molecule has 0 saturated heterocycles. The van der Waals surface area contributed by atoms with Crippen molar-refractivity contribution in [3.05, 3.63) is 29.3 Å². The van der Waals surface area contributed by atoms with Gasteiger partial charge in [0.25, 0.3) is 0 Å². The first-order valence-electron chi connectivity index (χ1n) is 3.69. The standard InChI is InChI=1S/C10H11NS/c1-8-5-9(3-2-4-12)7-10(11)6-8/h5-7,12H,4,11H2,1H3. The van der Waals surface area contributed by atoms with Crippen LogP contribution in [0.5, 0.6) is 0 Å². The molecule has 1 rings (SSSR count). The first-order valence-corrected chi connectivity index (χ1v) is 4.32. The molecule has 0 bridgehead atoms. The molecule has 0 aliphatic heterocycles. The zero-order chi connectivity index (χ0) is 8.97. The van der Waals surface area contributed by atoms with Gasteiger partial charge in [-0.1, -0.05) is 11.8 Å². The summed E-state index contributed by atoms with van der Waals surface area (Å²) in [5.74, 6) is 6.42. The number of nitrogen functional groups attached to an aromatic ring is 1. The van der Waals surface area contributed by atoms with Crippen LogP contribution in [-0.2, 0) is 0 Å².